The first-order chi connectivity index (χ1) is 20.9. The van der Waals surface area contributed by atoms with Gasteiger partial charge < -0.3 is 13.9 Å². The molecule has 0 aliphatic rings. The van der Waals surface area contributed by atoms with Gasteiger partial charge in [-0.1, -0.05) is 66.7 Å². The van der Waals surface area contributed by atoms with Gasteiger partial charge in [0.15, 0.2) is 11.4 Å². The molecule has 0 aliphatic carbocycles. The van der Waals surface area contributed by atoms with Crippen molar-refractivity contribution in [2.45, 2.75) is 52.7 Å². The van der Waals surface area contributed by atoms with E-state index in [1.165, 1.54) is 5.56 Å². The Hall–Kier alpha value is -4.55. The third-order valence-electron chi connectivity index (χ3n) is 7.58. The van der Waals surface area contributed by atoms with E-state index in [0.717, 1.165) is 78.0 Å². The minimum absolute atomic E-state index is 0.0726. The molecule has 0 aliphatic heterocycles. The smallest absolute Gasteiger partial charge is 0.227 e. The molecule has 1 heterocycles. The molecule has 5 aromatic rings. The number of hydrogen-bond acceptors (Lipinski definition) is 6. The van der Waals surface area contributed by atoms with Crippen LogP contribution in [0.1, 0.15) is 60.2 Å². The van der Waals surface area contributed by atoms with E-state index in [1.807, 2.05) is 84.9 Å². The van der Waals surface area contributed by atoms with Crippen LogP contribution in [0.5, 0.6) is 5.75 Å². The van der Waals surface area contributed by atoms with Crippen LogP contribution in [-0.2, 0) is 24.4 Å². The fourth-order valence-corrected chi connectivity index (χ4v) is 5.11. The first-order valence-corrected chi connectivity index (χ1v) is 14.9. The average molecular weight is 575 g/mol. The summed E-state index contributed by atoms with van der Waals surface area (Å²) in [5.41, 5.74) is 6.68. The van der Waals surface area contributed by atoms with E-state index in [0.29, 0.717) is 18.9 Å². The Kier molecular flexibility index (Phi) is 10.1. The molecular weight excluding hydrogens is 536 g/mol. The molecule has 0 N–H and O–H groups in total. The minimum atomic E-state index is 0.0726. The van der Waals surface area contributed by atoms with Gasteiger partial charge >= 0.3 is 0 Å². The van der Waals surface area contributed by atoms with Crippen LogP contribution >= 0.6 is 0 Å². The predicted octanol–water partition coefficient (Wildman–Crippen LogP) is 8.08. The number of ether oxygens (including phenoxy) is 1. The molecule has 43 heavy (non-hydrogen) atoms. The number of oxazole rings is 1. The topological polar surface area (TPSA) is 72.6 Å². The van der Waals surface area contributed by atoms with Gasteiger partial charge in [0.1, 0.15) is 23.7 Å². The van der Waals surface area contributed by atoms with Crippen LogP contribution in [0.15, 0.2) is 101 Å². The highest BCUT2D eigenvalue weighted by Gasteiger charge is 2.12. The first-order valence-electron chi connectivity index (χ1n) is 14.9. The lowest BCUT2D eigenvalue weighted by atomic mass is 10.1. The number of rotatable bonds is 15. The van der Waals surface area contributed by atoms with E-state index in [9.17, 15) is 9.59 Å². The minimum Gasteiger partial charge on any atom is -0.489 e. The molecule has 0 unspecified atom stereocenters. The third-order valence-corrected chi connectivity index (χ3v) is 7.58. The molecule has 220 valence electrons. The van der Waals surface area contributed by atoms with Crippen LogP contribution in [0, 0.1) is 0 Å². The summed E-state index contributed by atoms with van der Waals surface area (Å²) in [6.45, 7) is 6.24. The molecule has 0 atom stereocenters. The Bertz CT molecular complexity index is 1620. The second-order valence-electron chi connectivity index (χ2n) is 11.0. The summed E-state index contributed by atoms with van der Waals surface area (Å²) in [6, 6.07) is 32.0. The van der Waals surface area contributed by atoms with Crippen molar-refractivity contribution in [3.05, 3.63) is 119 Å². The maximum absolute atomic E-state index is 11.7. The monoisotopic (exact) mass is 574 g/mol. The Morgan fingerprint density at radius 1 is 0.791 bits per heavy atom. The SMILES string of the molecule is CC(=O)CCCCN(CCc1ccccc1OCc1ccc(-c2nc3ccccc3o2)cc1)Cc1ccc(C(C)=O)cc1. The maximum atomic E-state index is 11.7. The van der Waals surface area contributed by atoms with Crippen molar-refractivity contribution in [3.8, 4) is 17.2 Å². The molecular formula is C37H38N2O4. The summed E-state index contributed by atoms with van der Waals surface area (Å²) in [6.07, 6.45) is 3.31. The summed E-state index contributed by atoms with van der Waals surface area (Å²) in [7, 11) is 0. The fraction of sp³-hybridized carbons (Fsp3) is 0.270. The molecule has 0 fully saturated rings. The van der Waals surface area contributed by atoms with Crippen molar-refractivity contribution in [1.29, 1.82) is 0 Å². The summed E-state index contributed by atoms with van der Waals surface area (Å²) in [5, 5.41) is 0. The zero-order valence-electron chi connectivity index (χ0n) is 24.9. The summed E-state index contributed by atoms with van der Waals surface area (Å²) >= 11 is 0. The van der Waals surface area contributed by atoms with Gasteiger partial charge in [0.05, 0.1) is 0 Å². The number of ketones is 2. The van der Waals surface area contributed by atoms with Crippen molar-refractivity contribution >= 4 is 22.7 Å². The van der Waals surface area contributed by atoms with Crippen molar-refractivity contribution in [3.63, 3.8) is 0 Å². The molecule has 6 nitrogen and oxygen atoms in total. The number of Topliss-reactive ketones (excluding diaryl/α,β-unsaturated/α-hetero) is 2. The normalized spacial score (nSPS) is 11.2. The summed E-state index contributed by atoms with van der Waals surface area (Å²) in [5.74, 6) is 1.80. The number of carbonyl (C=O) groups excluding carboxylic acids is 2. The molecule has 4 aromatic carbocycles. The van der Waals surface area contributed by atoms with Crippen molar-refractivity contribution in [2.24, 2.45) is 0 Å². The van der Waals surface area contributed by atoms with Crippen molar-refractivity contribution in [2.75, 3.05) is 13.1 Å². The summed E-state index contributed by atoms with van der Waals surface area (Å²) < 4.78 is 12.2. The molecule has 0 saturated heterocycles. The van der Waals surface area contributed by atoms with E-state index in [-0.39, 0.29) is 11.6 Å². The molecule has 0 spiro atoms. The number of carbonyl (C=O) groups is 2. The van der Waals surface area contributed by atoms with Crippen molar-refractivity contribution < 1.29 is 18.7 Å². The Balaban J connectivity index is 1.20. The fourth-order valence-electron chi connectivity index (χ4n) is 5.11. The van der Waals surface area contributed by atoms with Crippen LogP contribution in [0.3, 0.4) is 0 Å². The Morgan fingerprint density at radius 2 is 1.51 bits per heavy atom. The Labute approximate surface area is 253 Å². The van der Waals surface area contributed by atoms with Crippen LogP contribution < -0.4 is 4.74 Å². The lowest BCUT2D eigenvalue weighted by Gasteiger charge is -2.23. The van der Waals surface area contributed by atoms with Crippen LogP contribution in [0.2, 0.25) is 0 Å². The zero-order valence-corrected chi connectivity index (χ0v) is 24.9. The van der Waals surface area contributed by atoms with E-state index in [4.69, 9.17) is 9.15 Å². The lowest BCUT2D eigenvalue weighted by molar-refractivity contribution is -0.117. The quantitative estimate of drug-likeness (QED) is 0.0930. The van der Waals surface area contributed by atoms with Gasteiger partial charge in [0, 0.05) is 30.6 Å². The highest BCUT2D eigenvalue weighted by Crippen LogP contribution is 2.25. The number of unbranched alkanes of at least 4 members (excludes halogenated alkanes) is 1. The van der Waals surface area contributed by atoms with Gasteiger partial charge in [-0.15, -0.1) is 0 Å². The predicted molar refractivity (Wildman–Crippen MR) is 170 cm³/mol. The highest BCUT2D eigenvalue weighted by atomic mass is 16.5. The summed E-state index contributed by atoms with van der Waals surface area (Å²) in [4.78, 5) is 30.1. The van der Waals surface area contributed by atoms with Gasteiger partial charge in [0.2, 0.25) is 5.89 Å². The average Bonchev–Trinajstić information content (AvgIpc) is 3.46. The first kappa shape index (κ1) is 29.9. The molecule has 0 radical (unpaired) electrons. The third kappa shape index (κ3) is 8.49. The molecule has 1 aromatic heterocycles. The van der Waals surface area contributed by atoms with Gasteiger partial charge in [-0.05, 0) is 86.7 Å². The second kappa shape index (κ2) is 14.6. The number of fused-ring (bicyclic) bond motifs is 1. The lowest BCUT2D eigenvalue weighted by Crippen LogP contribution is -2.27. The van der Waals surface area contributed by atoms with Gasteiger partial charge in [0.25, 0.3) is 0 Å². The molecule has 0 saturated carbocycles. The van der Waals surface area contributed by atoms with E-state index < -0.39 is 0 Å². The zero-order chi connectivity index (χ0) is 30.0. The maximum Gasteiger partial charge on any atom is 0.227 e. The number of benzene rings is 4. The van der Waals surface area contributed by atoms with Gasteiger partial charge in [-0.2, -0.15) is 0 Å². The van der Waals surface area contributed by atoms with Crippen LogP contribution in [0.4, 0.5) is 0 Å². The van der Waals surface area contributed by atoms with Crippen LogP contribution in [-0.4, -0.2) is 34.5 Å². The Morgan fingerprint density at radius 3 is 2.26 bits per heavy atom. The van der Waals surface area contributed by atoms with Gasteiger partial charge in [-0.3, -0.25) is 9.69 Å². The van der Waals surface area contributed by atoms with Crippen molar-refractivity contribution in [1.82, 2.24) is 9.88 Å². The molecule has 6 heteroatoms. The molecule has 0 bridgehead atoms. The number of hydrogen-bond donors (Lipinski definition) is 0. The molecule has 0 amide bonds. The van der Waals surface area contributed by atoms with Crippen LogP contribution in [0.25, 0.3) is 22.6 Å². The number of nitrogens with zero attached hydrogens (tertiary/aromatic N) is 2. The largest absolute Gasteiger partial charge is 0.489 e. The highest BCUT2D eigenvalue weighted by molar-refractivity contribution is 5.94. The van der Waals surface area contributed by atoms with E-state index >= 15 is 0 Å². The second-order valence-corrected chi connectivity index (χ2v) is 11.0. The van der Waals surface area contributed by atoms with E-state index in [2.05, 4.69) is 22.0 Å². The number of aromatic nitrogens is 1. The molecule has 5 rings (SSSR count). The van der Waals surface area contributed by atoms with E-state index in [1.54, 1.807) is 13.8 Å². The van der Waals surface area contributed by atoms with Gasteiger partial charge in [-0.25, -0.2) is 4.98 Å². The number of para-hydroxylation sites is 3. The standard InChI is InChI=1S/C37H38N2O4/c1-27(40)9-7-8-23-39(25-29-14-18-31(19-15-29)28(2)41)24-22-32-10-3-5-12-35(32)42-26-30-16-20-33(21-17-30)37-38-34-11-4-6-13-36(34)43-37/h3-6,10-21H,7-9,22-26H2,1-2H3.